The summed E-state index contributed by atoms with van der Waals surface area (Å²) >= 11 is 0. The van der Waals surface area contributed by atoms with Crippen molar-refractivity contribution in [1.82, 2.24) is 0 Å². The Hall–Kier alpha value is -1.83. The molecule has 0 radical (unpaired) electrons. The molecule has 1 aliphatic carbocycles. The fraction of sp³-hybridized carbons (Fsp3) is 0.312. The van der Waals surface area contributed by atoms with E-state index in [9.17, 15) is 4.79 Å². The highest BCUT2D eigenvalue weighted by Gasteiger charge is 2.06. The normalized spacial score (nSPS) is 14.1. The Morgan fingerprint density at radius 1 is 1.11 bits per heavy atom. The van der Waals surface area contributed by atoms with Gasteiger partial charge in [0.25, 0.3) is 0 Å². The third kappa shape index (κ3) is 3.10. The molecular formula is C16H19NO. The number of anilines is 1. The molecule has 1 aliphatic rings. The van der Waals surface area contributed by atoms with Crippen molar-refractivity contribution in [2.45, 2.75) is 25.7 Å². The van der Waals surface area contributed by atoms with Crippen molar-refractivity contribution in [3.8, 4) is 0 Å². The zero-order valence-corrected chi connectivity index (χ0v) is 10.7. The van der Waals surface area contributed by atoms with Crippen LogP contribution in [0.4, 0.5) is 5.69 Å². The van der Waals surface area contributed by atoms with E-state index in [2.05, 4.69) is 24.4 Å². The minimum Gasteiger partial charge on any atom is -0.382 e. The maximum Gasteiger partial charge on any atom is 0.201 e. The lowest BCUT2D eigenvalue weighted by atomic mass is 10.0. The molecule has 0 saturated carbocycles. The molecule has 2 heteroatoms. The molecule has 0 fully saturated rings. The van der Waals surface area contributed by atoms with Crippen molar-refractivity contribution in [2.24, 2.45) is 0 Å². The van der Waals surface area contributed by atoms with Gasteiger partial charge < -0.3 is 5.32 Å². The van der Waals surface area contributed by atoms with Crippen LogP contribution in [0, 0.1) is 0 Å². The summed E-state index contributed by atoms with van der Waals surface area (Å²) in [6.07, 6.45) is 10.5. The van der Waals surface area contributed by atoms with E-state index in [0.29, 0.717) is 11.6 Å². The monoisotopic (exact) mass is 241 g/mol. The van der Waals surface area contributed by atoms with Gasteiger partial charge in [0.05, 0.1) is 5.69 Å². The number of hydrogen-bond acceptors (Lipinski definition) is 2. The van der Waals surface area contributed by atoms with Gasteiger partial charge in [0.1, 0.15) is 0 Å². The third-order valence-corrected chi connectivity index (χ3v) is 3.11. The summed E-state index contributed by atoms with van der Waals surface area (Å²) in [6, 6.07) is 7.50. The van der Waals surface area contributed by atoms with Crippen LogP contribution in [0.3, 0.4) is 0 Å². The standard InChI is InChI=1S/C16H19NO/c1-2-3-12-17-15-10-8-14(9-11-16(15)18)13-6-4-5-7-13/h4-11,13H,2-3,12H2,1H3,(H,17,18). The molecule has 0 aliphatic heterocycles. The molecule has 94 valence electrons. The molecule has 0 heterocycles. The summed E-state index contributed by atoms with van der Waals surface area (Å²) in [5.74, 6) is 0.306. The van der Waals surface area contributed by atoms with Gasteiger partial charge in [-0.1, -0.05) is 49.8 Å². The highest BCUT2D eigenvalue weighted by molar-refractivity contribution is 5.45. The van der Waals surface area contributed by atoms with Crippen molar-refractivity contribution in [3.05, 3.63) is 64.4 Å². The molecular weight excluding hydrogens is 222 g/mol. The molecule has 1 aromatic carbocycles. The van der Waals surface area contributed by atoms with Crippen molar-refractivity contribution >= 4 is 5.69 Å². The van der Waals surface area contributed by atoms with Gasteiger partial charge in [0.15, 0.2) is 0 Å². The van der Waals surface area contributed by atoms with E-state index < -0.39 is 0 Å². The van der Waals surface area contributed by atoms with E-state index in [1.54, 1.807) is 6.07 Å². The molecule has 0 unspecified atom stereocenters. The predicted octanol–water partition coefficient (Wildman–Crippen LogP) is 3.47. The van der Waals surface area contributed by atoms with Gasteiger partial charge in [-0.2, -0.15) is 0 Å². The first-order valence-corrected chi connectivity index (χ1v) is 6.54. The molecule has 0 atom stereocenters. The molecule has 18 heavy (non-hydrogen) atoms. The quantitative estimate of drug-likeness (QED) is 0.800. The number of hydrogen-bond donors (Lipinski definition) is 1. The maximum absolute atomic E-state index is 11.9. The van der Waals surface area contributed by atoms with Crippen LogP contribution in [0.15, 0.2) is 53.4 Å². The van der Waals surface area contributed by atoms with Crippen LogP contribution in [-0.2, 0) is 0 Å². The highest BCUT2D eigenvalue weighted by Crippen LogP contribution is 2.22. The first-order chi connectivity index (χ1) is 8.81. The molecule has 0 saturated heterocycles. The summed E-state index contributed by atoms with van der Waals surface area (Å²) in [7, 11) is 0. The van der Waals surface area contributed by atoms with Crippen LogP contribution in [0.25, 0.3) is 0 Å². The highest BCUT2D eigenvalue weighted by atomic mass is 16.1. The van der Waals surface area contributed by atoms with Gasteiger partial charge in [0, 0.05) is 12.5 Å². The van der Waals surface area contributed by atoms with Gasteiger partial charge in [-0.3, -0.25) is 4.79 Å². The Labute approximate surface area is 108 Å². The average Bonchev–Trinajstić information content (AvgIpc) is 2.84. The van der Waals surface area contributed by atoms with E-state index in [4.69, 9.17) is 0 Å². The first-order valence-electron chi connectivity index (χ1n) is 6.54. The zero-order chi connectivity index (χ0) is 12.8. The third-order valence-electron chi connectivity index (χ3n) is 3.11. The fourth-order valence-electron chi connectivity index (χ4n) is 2.00. The second-order valence-electron chi connectivity index (χ2n) is 4.52. The predicted molar refractivity (Wildman–Crippen MR) is 77.1 cm³/mol. The van der Waals surface area contributed by atoms with E-state index in [0.717, 1.165) is 24.9 Å². The number of nitrogens with one attached hydrogen (secondary N) is 1. The molecule has 2 nitrogen and oxygen atoms in total. The fourth-order valence-corrected chi connectivity index (χ4v) is 2.00. The van der Waals surface area contributed by atoms with Crippen molar-refractivity contribution in [2.75, 3.05) is 11.9 Å². The maximum atomic E-state index is 11.9. The van der Waals surface area contributed by atoms with Crippen LogP contribution in [0.1, 0.15) is 31.2 Å². The second-order valence-corrected chi connectivity index (χ2v) is 4.52. The Bertz CT molecular complexity index is 505. The van der Waals surface area contributed by atoms with Gasteiger partial charge in [-0.15, -0.1) is 0 Å². The minimum atomic E-state index is 0.0586. The molecule has 0 aromatic heterocycles. The number of rotatable bonds is 5. The SMILES string of the molecule is CCCCNc1ccc(C2C=CC=C2)ccc1=O. The van der Waals surface area contributed by atoms with Crippen LogP contribution >= 0.6 is 0 Å². The van der Waals surface area contributed by atoms with E-state index >= 15 is 0 Å². The lowest BCUT2D eigenvalue weighted by molar-refractivity contribution is 0.834. The number of unbranched alkanes of at least 4 members (excludes halogenated alkanes) is 1. The van der Waals surface area contributed by atoms with Crippen molar-refractivity contribution < 1.29 is 0 Å². The summed E-state index contributed by atoms with van der Waals surface area (Å²) in [5, 5.41) is 3.20. The molecule has 1 aromatic rings. The minimum absolute atomic E-state index is 0.0586. The van der Waals surface area contributed by atoms with E-state index in [-0.39, 0.29) is 5.43 Å². The Morgan fingerprint density at radius 2 is 1.83 bits per heavy atom. The zero-order valence-electron chi connectivity index (χ0n) is 10.7. The summed E-state index contributed by atoms with van der Waals surface area (Å²) in [4.78, 5) is 11.9. The smallest absolute Gasteiger partial charge is 0.201 e. The van der Waals surface area contributed by atoms with Crippen LogP contribution in [0.2, 0.25) is 0 Å². The Kier molecular flexibility index (Phi) is 4.35. The van der Waals surface area contributed by atoms with Crippen LogP contribution in [0.5, 0.6) is 0 Å². The van der Waals surface area contributed by atoms with Crippen molar-refractivity contribution in [3.63, 3.8) is 0 Å². The lowest BCUT2D eigenvalue weighted by Crippen LogP contribution is -2.09. The largest absolute Gasteiger partial charge is 0.382 e. The van der Waals surface area contributed by atoms with Gasteiger partial charge in [-0.05, 0) is 24.1 Å². The molecule has 2 rings (SSSR count). The molecule has 0 amide bonds. The van der Waals surface area contributed by atoms with Crippen LogP contribution < -0.4 is 10.7 Å². The van der Waals surface area contributed by atoms with Gasteiger partial charge >= 0.3 is 0 Å². The Morgan fingerprint density at radius 3 is 2.56 bits per heavy atom. The summed E-state index contributed by atoms with van der Waals surface area (Å²) in [5.41, 5.74) is 1.91. The molecule has 0 spiro atoms. The summed E-state index contributed by atoms with van der Waals surface area (Å²) in [6.45, 7) is 3.00. The molecule has 0 bridgehead atoms. The van der Waals surface area contributed by atoms with Crippen LogP contribution in [-0.4, -0.2) is 6.54 Å². The van der Waals surface area contributed by atoms with Gasteiger partial charge in [-0.25, -0.2) is 0 Å². The van der Waals surface area contributed by atoms with Gasteiger partial charge in [0.2, 0.25) is 5.43 Å². The Balaban J connectivity index is 2.18. The summed E-state index contributed by atoms with van der Waals surface area (Å²) < 4.78 is 0. The van der Waals surface area contributed by atoms with E-state index in [1.165, 1.54) is 0 Å². The lowest BCUT2D eigenvalue weighted by Gasteiger charge is -2.02. The van der Waals surface area contributed by atoms with Crippen molar-refractivity contribution in [1.29, 1.82) is 0 Å². The molecule has 1 N–H and O–H groups in total. The topological polar surface area (TPSA) is 29.1 Å². The number of allylic oxidation sites excluding steroid dienone is 4. The second kappa shape index (κ2) is 6.20. The first kappa shape index (κ1) is 12.6. The van der Waals surface area contributed by atoms with E-state index in [1.807, 2.05) is 30.4 Å². The average molecular weight is 241 g/mol.